The maximum atomic E-state index is 12.8. The average molecular weight is 520 g/mol. The first-order valence-corrected chi connectivity index (χ1v) is 11.3. The molecule has 0 spiro atoms. The summed E-state index contributed by atoms with van der Waals surface area (Å²) in [5.74, 6) is -6.86. The molecule has 0 saturated carbocycles. The Morgan fingerprint density at radius 1 is 0.892 bits per heavy atom. The van der Waals surface area contributed by atoms with Gasteiger partial charge in [-0.15, -0.1) is 0 Å². The van der Waals surface area contributed by atoms with Gasteiger partial charge in [0.2, 0.25) is 17.7 Å². The molecule has 0 radical (unpaired) electrons. The van der Waals surface area contributed by atoms with Crippen LogP contribution in [0.5, 0.6) is 0 Å². The van der Waals surface area contributed by atoms with E-state index in [9.17, 15) is 28.8 Å². The number of carbonyl (C=O) groups is 6. The number of fused-ring (bicyclic) bond motifs is 1. The molecule has 0 aliphatic rings. The minimum Gasteiger partial charge on any atom is -0.481 e. The van der Waals surface area contributed by atoms with Gasteiger partial charge in [0.15, 0.2) is 0 Å². The number of carbonyl (C=O) groups excluding carboxylic acids is 3. The summed E-state index contributed by atoms with van der Waals surface area (Å²) in [5.41, 5.74) is 7.65. The summed E-state index contributed by atoms with van der Waals surface area (Å²) in [6, 6.07) is 1.89. The Hall–Kier alpha value is -4.46. The molecule has 4 unspecified atom stereocenters. The lowest BCUT2D eigenvalue weighted by Gasteiger charge is -2.23. The van der Waals surface area contributed by atoms with Crippen molar-refractivity contribution in [3.05, 3.63) is 36.0 Å². The van der Waals surface area contributed by atoms with E-state index in [0.29, 0.717) is 0 Å². The van der Waals surface area contributed by atoms with Gasteiger partial charge in [-0.1, -0.05) is 18.2 Å². The fraction of sp³-hybridized carbons (Fsp3) is 0.391. The highest BCUT2D eigenvalue weighted by molar-refractivity contribution is 5.95. The summed E-state index contributed by atoms with van der Waals surface area (Å²) < 4.78 is 0. The minimum atomic E-state index is -1.73. The van der Waals surface area contributed by atoms with Crippen LogP contribution in [0.2, 0.25) is 0 Å². The number of hydrogen-bond acceptors (Lipinski definition) is 7. The zero-order valence-corrected chi connectivity index (χ0v) is 19.9. The number of hydrogen-bond donors (Lipinski definition) is 8. The van der Waals surface area contributed by atoms with Gasteiger partial charge in [-0.25, -0.2) is 4.79 Å². The van der Waals surface area contributed by atoms with E-state index in [4.69, 9.17) is 21.1 Å². The van der Waals surface area contributed by atoms with E-state index < -0.39 is 72.6 Å². The summed E-state index contributed by atoms with van der Waals surface area (Å²) in [6.07, 6.45) is 0.172. The van der Waals surface area contributed by atoms with Gasteiger partial charge in [-0.05, 0) is 31.4 Å². The Bertz CT molecular complexity index is 1180. The van der Waals surface area contributed by atoms with E-state index in [0.717, 1.165) is 16.5 Å². The number of carboxylic acids is 3. The molecule has 0 aliphatic carbocycles. The molecule has 1 heterocycles. The van der Waals surface area contributed by atoms with E-state index in [2.05, 4.69) is 15.6 Å². The molecule has 14 nitrogen and oxygen atoms in total. The van der Waals surface area contributed by atoms with Crippen LogP contribution in [0.15, 0.2) is 30.5 Å². The van der Waals surface area contributed by atoms with Crippen molar-refractivity contribution < 1.29 is 44.1 Å². The quantitative estimate of drug-likeness (QED) is 0.150. The predicted molar refractivity (Wildman–Crippen MR) is 128 cm³/mol. The zero-order valence-electron chi connectivity index (χ0n) is 19.9. The van der Waals surface area contributed by atoms with E-state index in [1.54, 1.807) is 6.20 Å². The van der Waals surface area contributed by atoms with Gasteiger partial charge in [-0.2, -0.15) is 0 Å². The van der Waals surface area contributed by atoms with Crippen LogP contribution in [-0.4, -0.2) is 80.1 Å². The second-order valence-corrected chi connectivity index (χ2v) is 8.39. The van der Waals surface area contributed by atoms with Crippen molar-refractivity contribution in [1.82, 2.24) is 20.9 Å². The number of benzene rings is 1. The van der Waals surface area contributed by atoms with Gasteiger partial charge < -0.3 is 42.0 Å². The third-order valence-electron chi connectivity index (χ3n) is 5.48. The van der Waals surface area contributed by atoms with Crippen molar-refractivity contribution in [3.8, 4) is 0 Å². The van der Waals surface area contributed by atoms with E-state index >= 15 is 0 Å². The molecule has 1 aromatic carbocycles. The Morgan fingerprint density at radius 2 is 1.54 bits per heavy atom. The standard InChI is InChI=1S/C23H29N5O9/c1-11(20(33)28-17(23(36)37)9-19(31)32)26-22(35)16(6-7-18(29)30)27-21(34)14(24)8-12-10-25-15-5-3-2-4-13(12)15/h2-5,10-11,14,16-17,25H,6-9,24H2,1H3,(H,26,35)(H,27,34)(H,28,33)(H,29,30)(H,31,32)(H,36,37). The first-order valence-electron chi connectivity index (χ1n) is 11.3. The normalized spacial score (nSPS) is 14.1. The van der Waals surface area contributed by atoms with Crippen LogP contribution in [0.3, 0.4) is 0 Å². The first-order chi connectivity index (χ1) is 17.4. The molecule has 2 rings (SSSR count). The number of carboxylic acid groups (broad SMARTS) is 3. The number of amides is 3. The maximum absolute atomic E-state index is 12.8. The lowest BCUT2D eigenvalue weighted by Crippen LogP contribution is -2.56. The van der Waals surface area contributed by atoms with Crippen LogP contribution < -0.4 is 21.7 Å². The Morgan fingerprint density at radius 3 is 2.16 bits per heavy atom. The SMILES string of the molecule is CC(NC(=O)C(CCC(=O)O)NC(=O)C(N)Cc1c[nH]c2ccccc12)C(=O)NC(CC(=O)O)C(=O)O. The smallest absolute Gasteiger partial charge is 0.326 e. The molecule has 14 heteroatoms. The average Bonchev–Trinajstić information content (AvgIpc) is 3.23. The van der Waals surface area contributed by atoms with Crippen LogP contribution in [0.1, 0.15) is 31.7 Å². The molecular weight excluding hydrogens is 490 g/mol. The molecule has 9 N–H and O–H groups in total. The topological polar surface area (TPSA) is 241 Å². The molecule has 3 amide bonds. The number of nitrogens with two attached hydrogens (primary N) is 1. The van der Waals surface area contributed by atoms with E-state index in [1.807, 2.05) is 29.6 Å². The Labute approximate surface area is 210 Å². The molecule has 2 aromatic rings. The number of rotatable bonds is 14. The van der Waals surface area contributed by atoms with Crippen molar-refractivity contribution in [3.63, 3.8) is 0 Å². The largest absolute Gasteiger partial charge is 0.481 e. The van der Waals surface area contributed by atoms with Crippen LogP contribution >= 0.6 is 0 Å². The van der Waals surface area contributed by atoms with Crippen LogP contribution in [-0.2, 0) is 35.2 Å². The first kappa shape index (κ1) is 28.8. The summed E-state index contributed by atoms with van der Waals surface area (Å²) >= 11 is 0. The number of aromatic nitrogens is 1. The fourth-order valence-electron chi connectivity index (χ4n) is 3.50. The second kappa shape index (κ2) is 13.0. The lowest BCUT2D eigenvalue weighted by molar-refractivity contribution is -0.147. The summed E-state index contributed by atoms with van der Waals surface area (Å²) in [7, 11) is 0. The molecule has 200 valence electrons. The molecule has 37 heavy (non-hydrogen) atoms. The molecule has 0 saturated heterocycles. The minimum absolute atomic E-state index is 0.127. The molecule has 0 aliphatic heterocycles. The highest BCUT2D eigenvalue weighted by Gasteiger charge is 2.29. The van der Waals surface area contributed by atoms with Gasteiger partial charge in [-0.3, -0.25) is 24.0 Å². The number of para-hydroxylation sites is 1. The summed E-state index contributed by atoms with van der Waals surface area (Å²) in [6.45, 7) is 1.21. The lowest BCUT2D eigenvalue weighted by atomic mass is 10.0. The van der Waals surface area contributed by atoms with Crippen molar-refractivity contribution in [1.29, 1.82) is 0 Å². The van der Waals surface area contributed by atoms with Gasteiger partial charge in [0.25, 0.3) is 0 Å². The number of aliphatic carboxylic acids is 3. The maximum Gasteiger partial charge on any atom is 0.326 e. The van der Waals surface area contributed by atoms with E-state index in [1.165, 1.54) is 6.92 Å². The molecule has 1 aromatic heterocycles. The Balaban J connectivity index is 2.04. The highest BCUT2D eigenvalue weighted by Crippen LogP contribution is 2.18. The zero-order chi connectivity index (χ0) is 27.7. The molecule has 4 atom stereocenters. The Kier molecular flexibility index (Phi) is 10.1. The van der Waals surface area contributed by atoms with Crippen molar-refractivity contribution in [2.45, 2.75) is 56.8 Å². The molecular formula is C23H29N5O9. The second-order valence-electron chi connectivity index (χ2n) is 8.39. The monoisotopic (exact) mass is 519 g/mol. The van der Waals surface area contributed by atoms with Crippen molar-refractivity contribution >= 4 is 46.5 Å². The predicted octanol–water partition coefficient (Wildman–Crippen LogP) is -1.06. The van der Waals surface area contributed by atoms with Gasteiger partial charge in [0.1, 0.15) is 18.1 Å². The van der Waals surface area contributed by atoms with Crippen LogP contribution in [0, 0.1) is 0 Å². The van der Waals surface area contributed by atoms with E-state index in [-0.39, 0.29) is 12.8 Å². The summed E-state index contributed by atoms with van der Waals surface area (Å²) in [4.78, 5) is 73.9. The van der Waals surface area contributed by atoms with Gasteiger partial charge in [0, 0.05) is 23.5 Å². The van der Waals surface area contributed by atoms with Crippen LogP contribution in [0.4, 0.5) is 0 Å². The number of aromatic amines is 1. The van der Waals surface area contributed by atoms with Gasteiger partial charge >= 0.3 is 17.9 Å². The van der Waals surface area contributed by atoms with Gasteiger partial charge in [0.05, 0.1) is 12.5 Å². The molecule has 0 fully saturated rings. The third kappa shape index (κ3) is 8.61. The van der Waals surface area contributed by atoms with Crippen molar-refractivity contribution in [2.24, 2.45) is 5.73 Å². The fourth-order valence-corrected chi connectivity index (χ4v) is 3.50. The number of H-pyrrole nitrogens is 1. The molecule has 0 bridgehead atoms. The van der Waals surface area contributed by atoms with Crippen molar-refractivity contribution in [2.75, 3.05) is 0 Å². The third-order valence-corrected chi connectivity index (χ3v) is 5.48. The highest BCUT2D eigenvalue weighted by atomic mass is 16.4. The summed E-state index contributed by atoms with van der Waals surface area (Å²) in [5, 5.41) is 34.4. The number of nitrogens with one attached hydrogen (secondary N) is 4. The van der Waals surface area contributed by atoms with Crippen LogP contribution in [0.25, 0.3) is 10.9 Å².